The zero-order chi connectivity index (χ0) is 22.9. The molecule has 3 aromatic carbocycles. The molecule has 0 aliphatic rings. The van der Waals surface area contributed by atoms with Crippen molar-refractivity contribution in [3.8, 4) is 5.75 Å². The number of hydrazone groups is 1. The van der Waals surface area contributed by atoms with E-state index in [1.165, 1.54) is 29.5 Å². The van der Waals surface area contributed by atoms with Crippen LogP contribution in [-0.2, 0) is 11.4 Å². The predicted molar refractivity (Wildman–Crippen MR) is 126 cm³/mol. The smallest absolute Gasteiger partial charge is 0.269 e. The van der Waals surface area contributed by atoms with Crippen LogP contribution in [-0.4, -0.2) is 22.3 Å². The molecule has 0 bridgehead atoms. The van der Waals surface area contributed by atoms with Gasteiger partial charge in [-0.05, 0) is 73.5 Å². The van der Waals surface area contributed by atoms with Crippen molar-refractivity contribution in [3.63, 3.8) is 0 Å². The molecule has 1 amide bonds. The van der Waals surface area contributed by atoms with E-state index in [1.807, 2.05) is 50.2 Å². The SMILES string of the molecule is Cc1ccc(S[C@@H](C)C(=O)N/N=C\c2ccc(OCc3ccc([N+](=O)[O-])cc3)cc2)cc1. The van der Waals surface area contributed by atoms with Crippen LogP contribution in [0.25, 0.3) is 0 Å². The van der Waals surface area contributed by atoms with E-state index in [2.05, 4.69) is 10.5 Å². The van der Waals surface area contributed by atoms with Gasteiger partial charge in [-0.25, -0.2) is 5.43 Å². The monoisotopic (exact) mass is 449 g/mol. The number of amides is 1. The Morgan fingerprint density at radius 3 is 2.38 bits per heavy atom. The topological polar surface area (TPSA) is 93.8 Å². The van der Waals surface area contributed by atoms with Gasteiger partial charge in [-0.15, -0.1) is 11.8 Å². The summed E-state index contributed by atoms with van der Waals surface area (Å²) >= 11 is 1.48. The molecule has 0 heterocycles. The Hall–Kier alpha value is -3.65. The maximum atomic E-state index is 12.2. The second-order valence-electron chi connectivity index (χ2n) is 7.09. The minimum absolute atomic E-state index is 0.0487. The van der Waals surface area contributed by atoms with Gasteiger partial charge < -0.3 is 4.74 Å². The Morgan fingerprint density at radius 2 is 1.75 bits per heavy atom. The molecule has 7 nitrogen and oxygen atoms in total. The maximum Gasteiger partial charge on any atom is 0.269 e. The summed E-state index contributed by atoms with van der Waals surface area (Å²) in [6.45, 7) is 4.17. The Labute approximate surface area is 190 Å². The van der Waals surface area contributed by atoms with Crippen molar-refractivity contribution < 1.29 is 14.5 Å². The first-order valence-corrected chi connectivity index (χ1v) is 10.8. The summed E-state index contributed by atoms with van der Waals surface area (Å²) in [7, 11) is 0. The molecule has 0 saturated carbocycles. The first kappa shape index (κ1) is 23.0. The molecule has 0 radical (unpaired) electrons. The largest absolute Gasteiger partial charge is 0.489 e. The van der Waals surface area contributed by atoms with Crippen LogP contribution in [0.2, 0.25) is 0 Å². The molecule has 8 heteroatoms. The lowest BCUT2D eigenvalue weighted by Crippen LogP contribution is -2.26. The Bertz CT molecular complexity index is 1080. The summed E-state index contributed by atoms with van der Waals surface area (Å²) in [6, 6.07) is 21.5. The average molecular weight is 450 g/mol. The number of nitro benzene ring substituents is 1. The Kier molecular flexibility index (Phi) is 7.99. The third kappa shape index (κ3) is 6.95. The molecule has 0 saturated heterocycles. The number of hydrogen-bond acceptors (Lipinski definition) is 6. The summed E-state index contributed by atoms with van der Waals surface area (Å²) in [6.07, 6.45) is 1.57. The summed E-state index contributed by atoms with van der Waals surface area (Å²) in [4.78, 5) is 23.5. The van der Waals surface area contributed by atoms with Gasteiger partial charge in [0, 0.05) is 17.0 Å². The van der Waals surface area contributed by atoms with E-state index in [4.69, 9.17) is 4.74 Å². The molecule has 1 atom stereocenters. The van der Waals surface area contributed by atoms with Crippen molar-refractivity contribution in [1.82, 2.24) is 5.43 Å². The zero-order valence-corrected chi connectivity index (χ0v) is 18.5. The summed E-state index contributed by atoms with van der Waals surface area (Å²) in [5.74, 6) is 0.488. The second kappa shape index (κ2) is 11.1. The molecule has 0 unspecified atom stereocenters. The van der Waals surface area contributed by atoms with Crippen molar-refractivity contribution in [1.29, 1.82) is 0 Å². The van der Waals surface area contributed by atoms with Crippen molar-refractivity contribution in [3.05, 3.63) is 99.6 Å². The fourth-order valence-corrected chi connectivity index (χ4v) is 3.53. The number of non-ortho nitro benzene ring substituents is 1. The van der Waals surface area contributed by atoms with Gasteiger partial charge >= 0.3 is 0 Å². The van der Waals surface area contributed by atoms with Crippen molar-refractivity contribution >= 4 is 29.6 Å². The van der Waals surface area contributed by atoms with Gasteiger partial charge in [0.25, 0.3) is 11.6 Å². The molecular formula is C24H23N3O4S. The van der Waals surface area contributed by atoms with E-state index in [0.29, 0.717) is 12.4 Å². The summed E-state index contributed by atoms with van der Waals surface area (Å²) in [5.41, 5.74) is 5.44. The molecule has 3 aromatic rings. The Morgan fingerprint density at radius 1 is 1.09 bits per heavy atom. The van der Waals surface area contributed by atoms with Crippen LogP contribution in [0.1, 0.15) is 23.6 Å². The third-order valence-electron chi connectivity index (χ3n) is 4.52. The van der Waals surface area contributed by atoms with Crippen LogP contribution in [0.5, 0.6) is 5.75 Å². The lowest BCUT2D eigenvalue weighted by molar-refractivity contribution is -0.384. The second-order valence-corrected chi connectivity index (χ2v) is 8.50. The predicted octanol–water partition coefficient (Wildman–Crippen LogP) is 5.11. The Balaban J connectivity index is 1.45. The van der Waals surface area contributed by atoms with Crippen LogP contribution < -0.4 is 10.2 Å². The number of aryl methyl sites for hydroxylation is 1. The van der Waals surface area contributed by atoms with E-state index in [-0.39, 0.29) is 16.8 Å². The van der Waals surface area contributed by atoms with Crippen LogP contribution >= 0.6 is 11.8 Å². The average Bonchev–Trinajstić information content (AvgIpc) is 2.80. The highest BCUT2D eigenvalue weighted by Gasteiger charge is 2.13. The molecule has 164 valence electrons. The van der Waals surface area contributed by atoms with E-state index in [9.17, 15) is 14.9 Å². The number of rotatable bonds is 9. The van der Waals surface area contributed by atoms with Crippen molar-refractivity contribution in [2.24, 2.45) is 5.10 Å². The quantitative estimate of drug-likeness (QED) is 0.212. The fourth-order valence-electron chi connectivity index (χ4n) is 2.67. The lowest BCUT2D eigenvalue weighted by Gasteiger charge is -2.09. The normalized spacial score (nSPS) is 11.8. The number of benzene rings is 3. The number of hydrogen-bond donors (Lipinski definition) is 1. The first-order chi connectivity index (χ1) is 15.4. The maximum absolute atomic E-state index is 12.2. The van der Waals surface area contributed by atoms with Crippen LogP contribution in [0, 0.1) is 17.0 Å². The zero-order valence-electron chi connectivity index (χ0n) is 17.7. The van der Waals surface area contributed by atoms with E-state index >= 15 is 0 Å². The highest BCUT2D eigenvalue weighted by molar-refractivity contribution is 8.00. The van der Waals surface area contributed by atoms with Gasteiger partial charge in [-0.2, -0.15) is 5.10 Å². The summed E-state index contributed by atoms with van der Waals surface area (Å²) in [5, 5.41) is 14.5. The molecule has 0 fully saturated rings. The minimum atomic E-state index is -0.434. The van der Waals surface area contributed by atoms with Gasteiger partial charge in [0.15, 0.2) is 0 Å². The van der Waals surface area contributed by atoms with Gasteiger partial charge in [-0.1, -0.05) is 17.7 Å². The van der Waals surface area contributed by atoms with Crippen molar-refractivity contribution in [2.75, 3.05) is 0 Å². The molecule has 1 N–H and O–H groups in total. The van der Waals surface area contributed by atoms with E-state index in [1.54, 1.807) is 30.5 Å². The number of nitrogens with one attached hydrogen (secondary N) is 1. The number of carbonyl (C=O) groups is 1. The molecule has 0 aliphatic heterocycles. The molecular weight excluding hydrogens is 426 g/mol. The minimum Gasteiger partial charge on any atom is -0.489 e. The number of carbonyl (C=O) groups excluding carboxylic acids is 1. The van der Waals surface area contributed by atoms with Gasteiger partial charge in [0.2, 0.25) is 0 Å². The van der Waals surface area contributed by atoms with Gasteiger partial charge in [-0.3, -0.25) is 14.9 Å². The number of nitro groups is 1. The van der Waals surface area contributed by atoms with Crippen molar-refractivity contribution in [2.45, 2.75) is 30.6 Å². The number of ether oxygens (including phenoxy) is 1. The van der Waals surface area contributed by atoms with E-state index in [0.717, 1.165) is 16.0 Å². The number of thioether (sulfide) groups is 1. The molecule has 0 aliphatic carbocycles. The summed E-state index contributed by atoms with van der Waals surface area (Å²) < 4.78 is 5.70. The molecule has 0 aromatic heterocycles. The van der Waals surface area contributed by atoms with Crippen LogP contribution in [0.15, 0.2) is 82.8 Å². The lowest BCUT2D eigenvalue weighted by atomic mass is 10.2. The van der Waals surface area contributed by atoms with Gasteiger partial charge in [0.05, 0.1) is 16.4 Å². The van der Waals surface area contributed by atoms with Gasteiger partial charge in [0.1, 0.15) is 12.4 Å². The highest BCUT2D eigenvalue weighted by atomic mass is 32.2. The number of nitrogens with zero attached hydrogens (tertiary/aromatic N) is 2. The fraction of sp³-hybridized carbons (Fsp3) is 0.167. The standard InChI is InChI=1S/C24H23N3O4S/c1-17-3-13-23(14-4-17)32-18(2)24(28)26-25-15-19-7-11-22(12-8-19)31-16-20-5-9-21(10-6-20)27(29)30/h3-15,18H,16H2,1-2H3,(H,26,28)/b25-15-/t18-/m0/s1. The molecule has 0 spiro atoms. The van der Waals surface area contributed by atoms with E-state index < -0.39 is 4.92 Å². The van der Waals surface area contributed by atoms with Crippen LogP contribution in [0.3, 0.4) is 0 Å². The highest BCUT2D eigenvalue weighted by Crippen LogP contribution is 2.23. The molecule has 3 rings (SSSR count). The molecule has 32 heavy (non-hydrogen) atoms. The third-order valence-corrected chi connectivity index (χ3v) is 5.64. The first-order valence-electron chi connectivity index (χ1n) is 9.93. The van der Waals surface area contributed by atoms with Crippen LogP contribution in [0.4, 0.5) is 5.69 Å².